The molecule has 0 unspecified atom stereocenters. The third kappa shape index (κ3) is 2.24. The largest absolute Gasteiger partial charge is 0.328 e. The number of ketones is 1. The molecule has 0 bridgehead atoms. The van der Waals surface area contributed by atoms with E-state index in [1.807, 2.05) is 18.4 Å². The van der Waals surface area contributed by atoms with Gasteiger partial charge in [0.25, 0.3) is 0 Å². The lowest BCUT2D eigenvalue weighted by atomic mass is 10.0. The fourth-order valence-corrected chi connectivity index (χ4v) is 2.00. The van der Waals surface area contributed by atoms with Crippen LogP contribution in [0.4, 0.5) is 0 Å². The highest BCUT2D eigenvalue weighted by Gasteiger charge is 2.16. The molecule has 0 aliphatic rings. The van der Waals surface area contributed by atoms with Crippen molar-refractivity contribution >= 4 is 17.4 Å². The molecule has 17 heavy (non-hydrogen) atoms. The van der Waals surface area contributed by atoms with Crippen molar-refractivity contribution in [3.63, 3.8) is 0 Å². The standard InChI is InChI=1S/C13H13ClN2O/c1-3-16-7-6-15-13(16)12(17)11-5-4-10(14)8-9(11)2/h4-8H,3H2,1-2H3. The number of rotatable bonds is 3. The quantitative estimate of drug-likeness (QED) is 0.783. The predicted octanol–water partition coefficient (Wildman–Crippen LogP) is 3.10. The maximum Gasteiger partial charge on any atom is 0.228 e. The van der Waals surface area contributed by atoms with Gasteiger partial charge >= 0.3 is 0 Å². The average Bonchev–Trinajstić information content (AvgIpc) is 2.76. The summed E-state index contributed by atoms with van der Waals surface area (Å²) >= 11 is 5.87. The number of carbonyl (C=O) groups is 1. The molecule has 1 heterocycles. The van der Waals surface area contributed by atoms with Crippen LogP contribution in [0, 0.1) is 6.92 Å². The molecule has 2 aromatic rings. The number of aromatic nitrogens is 2. The van der Waals surface area contributed by atoms with Crippen molar-refractivity contribution in [1.82, 2.24) is 9.55 Å². The highest BCUT2D eigenvalue weighted by Crippen LogP contribution is 2.18. The van der Waals surface area contributed by atoms with Crippen molar-refractivity contribution in [3.05, 3.63) is 52.6 Å². The van der Waals surface area contributed by atoms with Gasteiger partial charge in [-0.1, -0.05) is 11.6 Å². The van der Waals surface area contributed by atoms with Crippen LogP contribution in [0.2, 0.25) is 5.02 Å². The normalized spacial score (nSPS) is 10.5. The van der Waals surface area contributed by atoms with Gasteiger partial charge in [-0.25, -0.2) is 4.98 Å². The maximum absolute atomic E-state index is 12.3. The van der Waals surface area contributed by atoms with Crippen LogP contribution in [0.5, 0.6) is 0 Å². The monoisotopic (exact) mass is 248 g/mol. The summed E-state index contributed by atoms with van der Waals surface area (Å²) in [5, 5.41) is 0.637. The molecule has 3 nitrogen and oxygen atoms in total. The van der Waals surface area contributed by atoms with Crippen molar-refractivity contribution in [2.45, 2.75) is 20.4 Å². The van der Waals surface area contributed by atoms with Gasteiger partial charge in [-0.2, -0.15) is 0 Å². The van der Waals surface area contributed by atoms with Gasteiger partial charge in [0.15, 0.2) is 5.82 Å². The van der Waals surface area contributed by atoms with Crippen molar-refractivity contribution in [2.24, 2.45) is 0 Å². The number of hydrogen-bond donors (Lipinski definition) is 0. The minimum atomic E-state index is -0.0639. The lowest BCUT2D eigenvalue weighted by Gasteiger charge is -2.06. The summed E-state index contributed by atoms with van der Waals surface area (Å²) in [6, 6.07) is 5.25. The number of aryl methyl sites for hydroxylation is 2. The minimum Gasteiger partial charge on any atom is -0.328 e. The molecular weight excluding hydrogens is 236 g/mol. The smallest absolute Gasteiger partial charge is 0.228 e. The highest BCUT2D eigenvalue weighted by atomic mass is 35.5. The number of benzene rings is 1. The van der Waals surface area contributed by atoms with Crippen LogP contribution in [0.25, 0.3) is 0 Å². The summed E-state index contributed by atoms with van der Waals surface area (Å²) in [7, 11) is 0. The number of imidazole rings is 1. The molecule has 1 aromatic carbocycles. The Kier molecular flexibility index (Phi) is 3.29. The van der Waals surface area contributed by atoms with Crippen LogP contribution < -0.4 is 0 Å². The second-order valence-corrected chi connectivity index (χ2v) is 4.26. The van der Waals surface area contributed by atoms with Crippen LogP contribution in [-0.4, -0.2) is 15.3 Å². The molecule has 0 amide bonds. The van der Waals surface area contributed by atoms with Gasteiger partial charge < -0.3 is 4.57 Å². The molecule has 88 valence electrons. The first-order chi connectivity index (χ1) is 8.13. The first-order valence-corrected chi connectivity index (χ1v) is 5.83. The molecule has 0 aliphatic carbocycles. The van der Waals surface area contributed by atoms with Crippen LogP contribution >= 0.6 is 11.6 Å². The highest BCUT2D eigenvalue weighted by molar-refractivity contribution is 6.30. The summed E-state index contributed by atoms with van der Waals surface area (Å²) < 4.78 is 1.83. The van der Waals surface area contributed by atoms with Gasteiger partial charge in [0.2, 0.25) is 5.78 Å². The SMILES string of the molecule is CCn1ccnc1C(=O)c1ccc(Cl)cc1C. The molecule has 1 aromatic heterocycles. The molecule has 2 rings (SSSR count). The number of nitrogens with zero attached hydrogens (tertiary/aromatic N) is 2. The first-order valence-electron chi connectivity index (χ1n) is 5.45. The Morgan fingerprint density at radius 3 is 2.88 bits per heavy atom. The Labute approximate surface area is 105 Å². The van der Waals surface area contributed by atoms with E-state index in [0.717, 1.165) is 12.1 Å². The third-order valence-electron chi connectivity index (χ3n) is 2.69. The lowest BCUT2D eigenvalue weighted by Crippen LogP contribution is -2.11. The molecule has 0 radical (unpaired) electrons. The summed E-state index contributed by atoms with van der Waals surface area (Å²) in [4.78, 5) is 16.4. The average molecular weight is 249 g/mol. The van der Waals surface area contributed by atoms with Crippen molar-refractivity contribution < 1.29 is 4.79 Å². The van der Waals surface area contributed by atoms with Crippen molar-refractivity contribution in [2.75, 3.05) is 0 Å². The fraction of sp³-hybridized carbons (Fsp3) is 0.231. The maximum atomic E-state index is 12.3. The Balaban J connectivity index is 2.44. The Hall–Kier alpha value is -1.61. The fourth-order valence-electron chi connectivity index (χ4n) is 1.78. The second-order valence-electron chi connectivity index (χ2n) is 3.83. The molecule has 4 heteroatoms. The summed E-state index contributed by atoms with van der Waals surface area (Å²) in [6.45, 7) is 4.58. The zero-order valence-corrected chi connectivity index (χ0v) is 10.5. The molecule has 0 saturated carbocycles. The molecular formula is C13H13ClN2O. The molecule has 0 atom stereocenters. The van der Waals surface area contributed by atoms with E-state index in [2.05, 4.69) is 4.98 Å². The Morgan fingerprint density at radius 1 is 1.47 bits per heavy atom. The zero-order valence-electron chi connectivity index (χ0n) is 9.77. The number of halogens is 1. The van der Waals surface area contributed by atoms with E-state index in [4.69, 9.17) is 11.6 Å². The Morgan fingerprint density at radius 2 is 2.24 bits per heavy atom. The molecule has 0 fully saturated rings. The van der Waals surface area contributed by atoms with Crippen molar-refractivity contribution in [3.8, 4) is 0 Å². The summed E-state index contributed by atoms with van der Waals surface area (Å²) in [5.74, 6) is 0.406. The first kappa shape index (κ1) is 11.9. The van der Waals surface area contributed by atoms with Crippen LogP contribution in [0.1, 0.15) is 28.7 Å². The van der Waals surface area contributed by atoms with Gasteiger partial charge in [-0.05, 0) is 37.6 Å². The van der Waals surface area contributed by atoms with Crippen molar-refractivity contribution in [1.29, 1.82) is 0 Å². The van der Waals surface area contributed by atoms with E-state index in [1.54, 1.807) is 30.6 Å². The Bertz CT molecular complexity index is 560. The van der Waals surface area contributed by atoms with Crippen LogP contribution in [0.15, 0.2) is 30.6 Å². The van der Waals surface area contributed by atoms with E-state index >= 15 is 0 Å². The predicted molar refractivity (Wildman–Crippen MR) is 67.5 cm³/mol. The lowest BCUT2D eigenvalue weighted by molar-refractivity contribution is 0.102. The molecule has 0 N–H and O–H groups in total. The van der Waals surface area contributed by atoms with E-state index in [-0.39, 0.29) is 5.78 Å². The molecule has 0 spiro atoms. The van der Waals surface area contributed by atoms with Gasteiger partial charge in [-0.15, -0.1) is 0 Å². The summed E-state index contributed by atoms with van der Waals surface area (Å²) in [6.07, 6.45) is 3.44. The number of carbonyl (C=O) groups excluding carboxylic acids is 1. The van der Waals surface area contributed by atoms with E-state index in [0.29, 0.717) is 16.4 Å². The molecule has 0 aliphatic heterocycles. The van der Waals surface area contributed by atoms with E-state index in [1.165, 1.54) is 0 Å². The van der Waals surface area contributed by atoms with E-state index < -0.39 is 0 Å². The van der Waals surface area contributed by atoms with Gasteiger partial charge in [0, 0.05) is 29.5 Å². The second kappa shape index (κ2) is 4.72. The van der Waals surface area contributed by atoms with Gasteiger partial charge in [0.1, 0.15) is 0 Å². The third-order valence-corrected chi connectivity index (χ3v) is 2.93. The number of hydrogen-bond acceptors (Lipinski definition) is 2. The van der Waals surface area contributed by atoms with Crippen LogP contribution in [-0.2, 0) is 6.54 Å². The summed E-state index contributed by atoms with van der Waals surface area (Å²) in [5.41, 5.74) is 1.52. The topological polar surface area (TPSA) is 34.9 Å². The van der Waals surface area contributed by atoms with Crippen LogP contribution in [0.3, 0.4) is 0 Å². The minimum absolute atomic E-state index is 0.0639. The molecule has 0 saturated heterocycles. The van der Waals surface area contributed by atoms with E-state index in [9.17, 15) is 4.79 Å². The zero-order chi connectivity index (χ0) is 12.4. The van der Waals surface area contributed by atoms with Gasteiger partial charge in [0.05, 0.1) is 0 Å². The van der Waals surface area contributed by atoms with Gasteiger partial charge in [-0.3, -0.25) is 4.79 Å².